The third kappa shape index (κ3) is 3.05. The number of hydrogen-bond acceptors (Lipinski definition) is 5. The zero-order chi connectivity index (χ0) is 16.4. The van der Waals surface area contributed by atoms with E-state index in [-0.39, 0.29) is 18.4 Å². The Morgan fingerprint density at radius 2 is 2.04 bits per heavy atom. The summed E-state index contributed by atoms with van der Waals surface area (Å²) in [5.41, 5.74) is 2.86. The molecule has 1 fully saturated rings. The van der Waals surface area contributed by atoms with Gasteiger partial charge < -0.3 is 14.7 Å². The van der Waals surface area contributed by atoms with Crippen LogP contribution >= 0.6 is 11.3 Å². The topological polar surface area (TPSA) is 79.7 Å². The van der Waals surface area contributed by atoms with Crippen LogP contribution < -0.4 is 4.74 Å². The average molecular weight is 332 g/mol. The number of rotatable bonds is 4. The second kappa shape index (κ2) is 6.37. The summed E-state index contributed by atoms with van der Waals surface area (Å²) in [7, 11) is 1.58. The quantitative estimate of drug-likeness (QED) is 0.927. The lowest BCUT2D eigenvalue weighted by Crippen LogP contribution is -2.30. The number of methoxy groups -OCH3 is 1. The van der Waals surface area contributed by atoms with Gasteiger partial charge in [-0.3, -0.25) is 9.59 Å². The van der Waals surface area contributed by atoms with E-state index in [2.05, 4.69) is 4.98 Å². The van der Waals surface area contributed by atoms with Crippen LogP contribution in [0.15, 0.2) is 35.2 Å². The van der Waals surface area contributed by atoms with Gasteiger partial charge in [-0.1, -0.05) is 12.1 Å². The fraction of sp³-hybridized carbons (Fsp3) is 0.312. The molecule has 2 atom stereocenters. The molecule has 1 aromatic carbocycles. The van der Waals surface area contributed by atoms with Crippen molar-refractivity contribution >= 4 is 23.2 Å². The van der Waals surface area contributed by atoms with Crippen LogP contribution in [0.3, 0.4) is 0 Å². The highest BCUT2D eigenvalue weighted by Crippen LogP contribution is 2.34. The molecule has 0 unspecified atom stereocenters. The highest BCUT2D eigenvalue weighted by Gasteiger charge is 2.40. The van der Waals surface area contributed by atoms with E-state index in [1.165, 1.54) is 11.3 Å². The molecular weight excluding hydrogens is 316 g/mol. The molecule has 6 nitrogen and oxygen atoms in total. The summed E-state index contributed by atoms with van der Waals surface area (Å²) in [6, 6.07) is 7.32. The molecule has 1 aliphatic heterocycles. The molecule has 23 heavy (non-hydrogen) atoms. The number of carboxylic acid groups (broad SMARTS) is 1. The van der Waals surface area contributed by atoms with E-state index in [1.807, 2.05) is 12.1 Å². The molecule has 1 N–H and O–H groups in total. The Labute approximate surface area is 137 Å². The van der Waals surface area contributed by atoms with E-state index in [4.69, 9.17) is 4.74 Å². The van der Waals surface area contributed by atoms with Crippen LogP contribution in [-0.4, -0.2) is 47.1 Å². The summed E-state index contributed by atoms with van der Waals surface area (Å²) in [4.78, 5) is 29.6. The minimum atomic E-state index is -0.889. The minimum Gasteiger partial charge on any atom is -0.497 e. The van der Waals surface area contributed by atoms with E-state index in [9.17, 15) is 14.7 Å². The largest absolute Gasteiger partial charge is 0.497 e. The molecule has 1 saturated heterocycles. The summed E-state index contributed by atoms with van der Waals surface area (Å²) in [6.07, 6.45) is 0. The molecule has 7 heteroatoms. The van der Waals surface area contributed by atoms with Crippen molar-refractivity contribution in [3.63, 3.8) is 0 Å². The molecule has 1 aliphatic rings. The Hall–Kier alpha value is -2.41. The van der Waals surface area contributed by atoms with Gasteiger partial charge in [-0.05, 0) is 17.7 Å². The van der Waals surface area contributed by atoms with E-state index < -0.39 is 11.9 Å². The first kappa shape index (κ1) is 15.5. The fourth-order valence-electron chi connectivity index (χ4n) is 2.89. The van der Waals surface area contributed by atoms with Gasteiger partial charge >= 0.3 is 5.97 Å². The van der Waals surface area contributed by atoms with Gasteiger partial charge in [-0.15, -0.1) is 11.3 Å². The summed E-state index contributed by atoms with van der Waals surface area (Å²) in [5, 5.41) is 11.2. The molecule has 120 valence electrons. The molecule has 0 bridgehead atoms. The van der Waals surface area contributed by atoms with Crippen LogP contribution in [0.5, 0.6) is 5.75 Å². The van der Waals surface area contributed by atoms with Crippen LogP contribution in [-0.2, 0) is 4.79 Å². The first-order chi connectivity index (χ1) is 11.1. The first-order valence-corrected chi connectivity index (χ1v) is 8.08. The number of likely N-dealkylation sites (tertiary alicyclic amines) is 1. The van der Waals surface area contributed by atoms with Crippen LogP contribution in [0.4, 0.5) is 0 Å². The molecular formula is C16H16N2O4S. The van der Waals surface area contributed by atoms with Crippen molar-refractivity contribution in [2.45, 2.75) is 5.92 Å². The van der Waals surface area contributed by atoms with Crippen LogP contribution in [0.2, 0.25) is 0 Å². The van der Waals surface area contributed by atoms with Gasteiger partial charge in [0.2, 0.25) is 0 Å². The van der Waals surface area contributed by atoms with E-state index >= 15 is 0 Å². The lowest BCUT2D eigenvalue weighted by atomic mass is 9.89. The van der Waals surface area contributed by atoms with Gasteiger partial charge in [-0.2, -0.15) is 0 Å². The summed E-state index contributed by atoms with van der Waals surface area (Å²) >= 11 is 1.35. The maximum absolute atomic E-state index is 12.4. The molecule has 0 saturated carbocycles. The van der Waals surface area contributed by atoms with Gasteiger partial charge in [0.1, 0.15) is 11.4 Å². The van der Waals surface area contributed by atoms with Gasteiger partial charge in [0.05, 0.1) is 18.5 Å². The molecule has 0 spiro atoms. The van der Waals surface area contributed by atoms with Crippen molar-refractivity contribution in [3.05, 3.63) is 46.4 Å². The van der Waals surface area contributed by atoms with Crippen LogP contribution in [0.1, 0.15) is 22.0 Å². The van der Waals surface area contributed by atoms with Crippen LogP contribution in [0.25, 0.3) is 0 Å². The molecule has 0 radical (unpaired) electrons. The van der Waals surface area contributed by atoms with Crippen LogP contribution in [0, 0.1) is 5.92 Å². The fourth-order valence-corrected chi connectivity index (χ4v) is 3.41. The lowest BCUT2D eigenvalue weighted by molar-refractivity contribution is -0.141. The molecule has 1 amide bonds. The predicted molar refractivity (Wildman–Crippen MR) is 84.9 cm³/mol. The van der Waals surface area contributed by atoms with Crippen molar-refractivity contribution in [3.8, 4) is 5.75 Å². The predicted octanol–water partition coefficient (Wildman–Crippen LogP) is 2.09. The first-order valence-electron chi connectivity index (χ1n) is 7.14. The van der Waals surface area contributed by atoms with E-state index in [0.29, 0.717) is 18.0 Å². The second-order valence-corrected chi connectivity index (χ2v) is 6.13. The van der Waals surface area contributed by atoms with Crippen molar-refractivity contribution in [1.82, 2.24) is 9.88 Å². The van der Waals surface area contributed by atoms with Crippen molar-refractivity contribution < 1.29 is 19.4 Å². The Morgan fingerprint density at radius 1 is 1.30 bits per heavy atom. The number of aliphatic carboxylic acids is 1. The number of thiazole rings is 1. The van der Waals surface area contributed by atoms with E-state index in [1.54, 1.807) is 35.0 Å². The third-order valence-electron chi connectivity index (χ3n) is 4.12. The smallest absolute Gasteiger partial charge is 0.308 e. The number of amides is 1. The molecule has 2 aromatic rings. The number of aromatic nitrogens is 1. The zero-order valence-corrected chi connectivity index (χ0v) is 13.3. The van der Waals surface area contributed by atoms with Gasteiger partial charge in [0, 0.05) is 24.4 Å². The number of ether oxygens (including phenoxy) is 1. The molecule has 1 aromatic heterocycles. The highest BCUT2D eigenvalue weighted by molar-refractivity contribution is 7.07. The van der Waals surface area contributed by atoms with Crippen molar-refractivity contribution in [2.24, 2.45) is 5.92 Å². The maximum Gasteiger partial charge on any atom is 0.308 e. The maximum atomic E-state index is 12.4. The lowest BCUT2D eigenvalue weighted by Gasteiger charge is -2.16. The SMILES string of the molecule is COc1ccc([C@@H]2CN(C(=O)c3cscn3)C[C@H]2C(=O)O)cc1. The Kier molecular flexibility index (Phi) is 4.29. The monoisotopic (exact) mass is 332 g/mol. The number of benzene rings is 1. The molecule has 2 heterocycles. The Morgan fingerprint density at radius 3 is 2.61 bits per heavy atom. The second-order valence-electron chi connectivity index (χ2n) is 5.41. The highest BCUT2D eigenvalue weighted by atomic mass is 32.1. The number of carbonyl (C=O) groups is 2. The third-order valence-corrected chi connectivity index (χ3v) is 4.71. The Balaban J connectivity index is 1.83. The van der Waals surface area contributed by atoms with Crippen molar-refractivity contribution in [1.29, 1.82) is 0 Å². The standard InChI is InChI=1S/C16H16N2O4S/c1-22-11-4-2-10(3-5-11)12-6-18(7-13(12)16(20)21)15(19)14-8-23-9-17-14/h2-5,8-9,12-13H,6-7H2,1H3,(H,20,21)/t12-,13+/m0/s1. The zero-order valence-electron chi connectivity index (χ0n) is 12.5. The molecule has 3 rings (SSSR count). The van der Waals surface area contributed by atoms with Crippen molar-refractivity contribution in [2.75, 3.05) is 20.2 Å². The van der Waals surface area contributed by atoms with Gasteiger partial charge in [-0.25, -0.2) is 4.98 Å². The number of carbonyl (C=O) groups excluding carboxylic acids is 1. The average Bonchev–Trinajstić information content (AvgIpc) is 3.24. The number of nitrogens with zero attached hydrogens (tertiary/aromatic N) is 2. The summed E-state index contributed by atoms with van der Waals surface area (Å²) in [6.45, 7) is 0.571. The normalized spacial score (nSPS) is 20.5. The van der Waals surface area contributed by atoms with E-state index in [0.717, 1.165) is 5.56 Å². The van der Waals surface area contributed by atoms with Gasteiger partial charge in [0.25, 0.3) is 5.91 Å². The Bertz CT molecular complexity index is 699. The molecule has 0 aliphatic carbocycles. The van der Waals surface area contributed by atoms with Gasteiger partial charge in [0.15, 0.2) is 0 Å². The number of hydrogen-bond donors (Lipinski definition) is 1. The summed E-state index contributed by atoms with van der Waals surface area (Å²) < 4.78 is 5.13. The minimum absolute atomic E-state index is 0.197. The number of carboxylic acids is 1. The summed E-state index contributed by atoms with van der Waals surface area (Å²) in [5.74, 6) is -1.24.